The third-order valence-corrected chi connectivity index (χ3v) is 2.95. The molecule has 3 heteroatoms. The van der Waals surface area contributed by atoms with E-state index in [0.29, 0.717) is 0 Å². The first-order chi connectivity index (χ1) is 8.18. The van der Waals surface area contributed by atoms with E-state index in [9.17, 15) is 0 Å². The number of aromatic nitrogens is 1. The van der Waals surface area contributed by atoms with Gasteiger partial charge in [0.1, 0.15) is 0 Å². The highest BCUT2D eigenvalue weighted by molar-refractivity contribution is 5.93. The summed E-state index contributed by atoms with van der Waals surface area (Å²) in [5.41, 5.74) is 1.27. The van der Waals surface area contributed by atoms with Crippen molar-refractivity contribution in [3.8, 4) is 0 Å². The number of fused-ring (bicyclic) bond motifs is 1. The van der Waals surface area contributed by atoms with E-state index in [0.717, 1.165) is 13.1 Å². The fraction of sp³-hybridized carbons (Fsp3) is 0.357. The first-order valence-corrected chi connectivity index (χ1v) is 5.87. The Morgan fingerprint density at radius 3 is 2.65 bits per heavy atom. The van der Waals surface area contributed by atoms with Crippen molar-refractivity contribution in [1.29, 1.82) is 0 Å². The number of hydrogen-bond acceptors (Lipinski definition) is 3. The maximum Gasteiger partial charge on any atom is 0.0444 e. The summed E-state index contributed by atoms with van der Waals surface area (Å²) in [5, 5.41) is 2.46. The lowest BCUT2D eigenvalue weighted by atomic mass is 10.1. The highest BCUT2D eigenvalue weighted by atomic mass is 15.2. The van der Waals surface area contributed by atoms with Crippen LogP contribution < -0.4 is 4.90 Å². The molecule has 0 saturated heterocycles. The van der Waals surface area contributed by atoms with Gasteiger partial charge in [-0.2, -0.15) is 0 Å². The van der Waals surface area contributed by atoms with E-state index in [1.54, 1.807) is 0 Å². The van der Waals surface area contributed by atoms with Crippen molar-refractivity contribution in [2.24, 2.45) is 0 Å². The van der Waals surface area contributed by atoms with Gasteiger partial charge in [0.05, 0.1) is 0 Å². The van der Waals surface area contributed by atoms with Crippen LogP contribution in [0.25, 0.3) is 10.8 Å². The second-order valence-electron chi connectivity index (χ2n) is 4.60. The lowest BCUT2D eigenvalue weighted by molar-refractivity contribution is 0.416. The van der Waals surface area contributed by atoms with E-state index >= 15 is 0 Å². The highest BCUT2D eigenvalue weighted by Gasteiger charge is 2.05. The van der Waals surface area contributed by atoms with Crippen LogP contribution in [0.15, 0.2) is 36.7 Å². The monoisotopic (exact) mass is 229 g/mol. The zero-order chi connectivity index (χ0) is 12.3. The van der Waals surface area contributed by atoms with Gasteiger partial charge in [-0.05, 0) is 26.2 Å². The molecule has 0 atom stereocenters. The fourth-order valence-electron chi connectivity index (χ4n) is 1.91. The molecule has 0 amide bonds. The number of pyridine rings is 1. The highest BCUT2D eigenvalue weighted by Crippen LogP contribution is 2.24. The van der Waals surface area contributed by atoms with Crippen LogP contribution in [0.1, 0.15) is 0 Å². The smallest absolute Gasteiger partial charge is 0.0444 e. The number of nitrogens with zero attached hydrogens (tertiary/aromatic N) is 3. The normalized spacial score (nSPS) is 11.1. The third-order valence-electron chi connectivity index (χ3n) is 2.95. The van der Waals surface area contributed by atoms with E-state index in [2.05, 4.69) is 60.2 Å². The van der Waals surface area contributed by atoms with Crippen molar-refractivity contribution in [2.75, 3.05) is 39.1 Å². The standard InChI is InChI=1S/C14H19N3/c1-16(2)9-10-17(3)14-6-4-5-12-11-15-8-7-13(12)14/h4-8,11H,9-10H2,1-3H3. The van der Waals surface area contributed by atoms with Crippen LogP contribution in [-0.4, -0.2) is 44.1 Å². The predicted octanol–water partition coefficient (Wildman–Crippen LogP) is 2.23. The molecule has 0 N–H and O–H groups in total. The van der Waals surface area contributed by atoms with E-state index in [1.165, 1.54) is 16.5 Å². The molecular weight excluding hydrogens is 210 g/mol. The van der Waals surface area contributed by atoms with E-state index in [4.69, 9.17) is 0 Å². The maximum absolute atomic E-state index is 4.16. The lowest BCUT2D eigenvalue weighted by Crippen LogP contribution is -2.28. The number of rotatable bonds is 4. The van der Waals surface area contributed by atoms with E-state index in [1.807, 2.05) is 12.4 Å². The van der Waals surface area contributed by atoms with Gasteiger partial charge in [0, 0.05) is 49.0 Å². The van der Waals surface area contributed by atoms with Gasteiger partial charge >= 0.3 is 0 Å². The van der Waals surface area contributed by atoms with Crippen LogP contribution in [0.5, 0.6) is 0 Å². The average molecular weight is 229 g/mol. The second-order valence-corrected chi connectivity index (χ2v) is 4.60. The molecule has 0 aliphatic carbocycles. The summed E-state index contributed by atoms with van der Waals surface area (Å²) in [5.74, 6) is 0. The fourth-order valence-corrected chi connectivity index (χ4v) is 1.91. The molecule has 90 valence electrons. The van der Waals surface area contributed by atoms with Crippen LogP contribution in [0.2, 0.25) is 0 Å². The Bertz CT molecular complexity index is 488. The minimum Gasteiger partial charge on any atom is -0.373 e. The quantitative estimate of drug-likeness (QED) is 0.801. The Labute approximate surface area is 103 Å². The van der Waals surface area contributed by atoms with Crippen molar-refractivity contribution in [3.05, 3.63) is 36.7 Å². The van der Waals surface area contributed by atoms with Crippen molar-refractivity contribution in [2.45, 2.75) is 0 Å². The maximum atomic E-state index is 4.16. The first-order valence-electron chi connectivity index (χ1n) is 5.87. The minimum absolute atomic E-state index is 1.02. The predicted molar refractivity (Wildman–Crippen MR) is 73.6 cm³/mol. The Balaban J connectivity index is 2.28. The van der Waals surface area contributed by atoms with Crippen LogP contribution in [0, 0.1) is 0 Å². The van der Waals surface area contributed by atoms with Gasteiger partial charge in [0.25, 0.3) is 0 Å². The van der Waals surface area contributed by atoms with E-state index < -0.39 is 0 Å². The molecule has 0 saturated carbocycles. The Morgan fingerprint density at radius 2 is 1.88 bits per heavy atom. The average Bonchev–Trinajstić information content (AvgIpc) is 2.35. The molecule has 1 aromatic heterocycles. The first kappa shape index (κ1) is 11.9. The van der Waals surface area contributed by atoms with Crippen molar-refractivity contribution >= 4 is 16.5 Å². The Kier molecular flexibility index (Phi) is 3.59. The van der Waals surface area contributed by atoms with Gasteiger partial charge in [0.15, 0.2) is 0 Å². The molecule has 0 bridgehead atoms. The Hall–Kier alpha value is -1.61. The summed E-state index contributed by atoms with van der Waals surface area (Å²) in [6.45, 7) is 2.08. The van der Waals surface area contributed by atoms with Gasteiger partial charge < -0.3 is 9.80 Å². The van der Waals surface area contributed by atoms with Gasteiger partial charge in [-0.15, -0.1) is 0 Å². The number of anilines is 1. The molecule has 0 fully saturated rings. The van der Waals surface area contributed by atoms with Crippen molar-refractivity contribution < 1.29 is 0 Å². The molecule has 0 unspecified atom stereocenters. The number of hydrogen-bond donors (Lipinski definition) is 0. The summed E-state index contributed by atoms with van der Waals surface area (Å²) in [6.07, 6.45) is 3.77. The molecule has 1 heterocycles. The molecule has 2 rings (SSSR count). The van der Waals surface area contributed by atoms with Crippen molar-refractivity contribution in [3.63, 3.8) is 0 Å². The zero-order valence-electron chi connectivity index (χ0n) is 10.7. The van der Waals surface area contributed by atoms with E-state index in [-0.39, 0.29) is 0 Å². The van der Waals surface area contributed by atoms with Gasteiger partial charge in [-0.25, -0.2) is 0 Å². The molecule has 0 aliphatic rings. The second kappa shape index (κ2) is 5.15. The topological polar surface area (TPSA) is 19.4 Å². The van der Waals surface area contributed by atoms with Gasteiger partial charge in [0.2, 0.25) is 0 Å². The van der Waals surface area contributed by atoms with Crippen LogP contribution in [0.4, 0.5) is 5.69 Å². The summed E-state index contributed by atoms with van der Waals surface area (Å²) in [7, 11) is 6.33. The molecule has 17 heavy (non-hydrogen) atoms. The number of likely N-dealkylation sites (N-methyl/N-ethyl adjacent to an activating group) is 2. The Morgan fingerprint density at radius 1 is 1.06 bits per heavy atom. The largest absolute Gasteiger partial charge is 0.373 e. The lowest BCUT2D eigenvalue weighted by Gasteiger charge is -2.23. The van der Waals surface area contributed by atoms with Crippen LogP contribution >= 0.6 is 0 Å². The summed E-state index contributed by atoms with van der Waals surface area (Å²) in [4.78, 5) is 8.65. The summed E-state index contributed by atoms with van der Waals surface area (Å²) in [6, 6.07) is 8.44. The summed E-state index contributed by atoms with van der Waals surface area (Å²) < 4.78 is 0. The van der Waals surface area contributed by atoms with Gasteiger partial charge in [-0.3, -0.25) is 4.98 Å². The molecule has 0 radical (unpaired) electrons. The minimum atomic E-state index is 1.02. The molecule has 2 aromatic rings. The summed E-state index contributed by atoms with van der Waals surface area (Å²) >= 11 is 0. The molecule has 0 aliphatic heterocycles. The zero-order valence-corrected chi connectivity index (χ0v) is 10.7. The molecular formula is C14H19N3. The van der Waals surface area contributed by atoms with Crippen LogP contribution in [0.3, 0.4) is 0 Å². The van der Waals surface area contributed by atoms with Gasteiger partial charge in [-0.1, -0.05) is 12.1 Å². The SMILES string of the molecule is CN(C)CCN(C)c1cccc2cnccc12. The molecule has 0 spiro atoms. The van der Waals surface area contributed by atoms with Crippen molar-refractivity contribution in [1.82, 2.24) is 9.88 Å². The third kappa shape index (κ3) is 2.74. The van der Waals surface area contributed by atoms with Crippen LogP contribution in [-0.2, 0) is 0 Å². The molecule has 3 nitrogen and oxygen atoms in total. The molecule has 1 aromatic carbocycles. The number of benzene rings is 1.